The zero-order valence-corrected chi connectivity index (χ0v) is 16.5. The highest BCUT2D eigenvalue weighted by atomic mass is 16.6. The van der Waals surface area contributed by atoms with E-state index in [9.17, 15) is 19.7 Å². The Bertz CT molecular complexity index is 947. The molecule has 0 fully saturated rings. The maximum atomic E-state index is 12.6. The van der Waals surface area contributed by atoms with E-state index in [-0.39, 0.29) is 17.9 Å². The van der Waals surface area contributed by atoms with E-state index in [1.807, 2.05) is 39.0 Å². The van der Waals surface area contributed by atoms with Gasteiger partial charge in [-0.05, 0) is 50.8 Å². The number of benzene rings is 1. The first-order valence-corrected chi connectivity index (χ1v) is 9.24. The first-order valence-electron chi connectivity index (χ1n) is 9.24. The average Bonchev–Trinajstić information content (AvgIpc) is 3.14. The Balaban J connectivity index is 1.78. The van der Waals surface area contributed by atoms with Crippen molar-refractivity contribution in [2.24, 2.45) is 0 Å². The molecule has 1 aliphatic heterocycles. The van der Waals surface area contributed by atoms with Gasteiger partial charge in [-0.25, -0.2) is 4.79 Å². The Morgan fingerprint density at radius 3 is 2.83 bits per heavy atom. The van der Waals surface area contributed by atoms with Crippen LogP contribution < -0.4 is 10.2 Å². The number of nitro groups is 1. The first kappa shape index (κ1) is 20.3. The van der Waals surface area contributed by atoms with Gasteiger partial charge in [-0.2, -0.15) is 5.10 Å². The molecule has 10 heteroatoms. The van der Waals surface area contributed by atoms with E-state index in [4.69, 9.17) is 4.74 Å². The molecule has 0 bridgehead atoms. The van der Waals surface area contributed by atoms with Crippen LogP contribution in [0.3, 0.4) is 0 Å². The second-order valence-corrected chi connectivity index (χ2v) is 7.72. The molecular weight excluding hydrogens is 378 g/mol. The summed E-state index contributed by atoms with van der Waals surface area (Å²) in [6.07, 6.45) is 2.11. The normalized spacial score (nSPS) is 13.6. The van der Waals surface area contributed by atoms with Gasteiger partial charge in [-0.3, -0.25) is 24.9 Å². The van der Waals surface area contributed by atoms with E-state index < -0.39 is 22.5 Å². The molecule has 10 nitrogen and oxygen atoms in total. The van der Waals surface area contributed by atoms with Crippen LogP contribution in [0.15, 0.2) is 24.4 Å². The van der Waals surface area contributed by atoms with E-state index >= 15 is 0 Å². The van der Waals surface area contributed by atoms with E-state index in [2.05, 4.69) is 15.5 Å². The number of ether oxygens (including phenoxy) is 1. The molecule has 2 amide bonds. The third-order valence-electron chi connectivity index (χ3n) is 4.44. The van der Waals surface area contributed by atoms with Crippen molar-refractivity contribution in [1.82, 2.24) is 15.5 Å². The summed E-state index contributed by atoms with van der Waals surface area (Å²) in [5.41, 5.74) is 1.36. The fraction of sp³-hybridized carbons (Fsp3) is 0.421. The number of anilines is 1. The van der Waals surface area contributed by atoms with Gasteiger partial charge in [0, 0.05) is 13.1 Å². The molecule has 0 saturated heterocycles. The number of nitrogens with zero attached hydrogens (tertiary/aromatic N) is 3. The van der Waals surface area contributed by atoms with Gasteiger partial charge in [0.2, 0.25) is 5.69 Å². The van der Waals surface area contributed by atoms with Crippen molar-refractivity contribution in [2.75, 3.05) is 11.4 Å². The Hall–Kier alpha value is -3.43. The molecule has 0 radical (unpaired) electrons. The van der Waals surface area contributed by atoms with Crippen molar-refractivity contribution < 1.29 is 19.2 Å². The fourth-order valence-electron chi connectivity index (χ4n) is 3.22. The lowest BCUT2D eigenvalue weighted by Gasteiger charge is -2.32. The Morgan fingerprint density at radius 2 is 2.14 bits per heavy atom. The molecule has 0 aliphatic carbocycles. The minimum atomic E-state index is -0.665. The lowest BCUT2D eigenvalue weighted by atomic mass is 9.96. The molecule has 1 aliphatic rings. The van der Waals surface area contributed by atoms with Crippen molar-refractivity contribution in [1.29, 1.82) is 0 Å². The van der Waals surface area contributed by atoms with E-state index in [1.165, 1.54) is 0 Å². The molecule has 1 aromatic carbocycles. The second-order valence-electron chi connectivity index (χ2n) is 7.72. The maximum absolute atomic E-state index is 12.6. The van der Waals surface area contributed by atoms with Crippen molar-refractivity contribution >= 4 is 23.4 Å². The number of nitrogens with one attached hydrogen (secondary N) is 2. The summed E-state index contributed by atoms with van der Waals surface area (Å²) < 4.78 is 5.50. The number of hydrogen-bond acceptors (Lipinski definition) is 6. The lowest BCUT2D eigenvalue weighted by molar-refractivity contribution is -0.385. The number of hydrogen-bond donors (Lipinski definition) is 2. The average molecular weight is 401 g/mol. The number of amides is 2. The predicted octanol–water partition coefficient (Wildman–Crippen LogP) is 2.94. The van der Waals surface area contributed by atoms with Crippen LogP contribution in [0.2, 0.25) is 0 Å². The number of H-pyrrole nitrogens is 1. The third-order valence-corrected chi connectivity index (χ3v) is 4.44. The molecule has 1 aromatic heterocycles. The lowest BCUT2D eigenvalue weighted by Crippen LogP contribution is -2.40. The summed E-state index contributed by atoms with van der Waals surface area (Å²) in [4.78, 5) is 36.8. The predicted molar refractivity (Wildman–Crippen MR) is 105 cm³/mol. The summed E-state index contributed by atoms with van der Waals surface area (Å²) in [6.45, 7) is 6.17. The summed E-state index contributed by atoms with van der Waals surface area (Å²) >= 11 is 0. The number of carbonyl (C=O) groups is 2. The molecule has 2 aromatic rings. The number of fused-ring (bicyclic) bond motifs is 1. The zero-order chi connectivity index (χ0) is 21.2. The monoisotopic (exact) mass is 401 g/mol. The van der Waals surface area contributed by atoms with Gasteiger partial charge >= 0.3 is 11.8 Å². The minimum Gasteiger partial charge on any atom is -0.443 e. The van der Waals surface area contributed by atoms with Crippen molar-refractivity contribution in [3.8, 4) is 0 Å². The van der Waals surface area contributed by atoms with Crippen LogP contribution >= 0.6 is 0 Å². The first-order chi connectivity index (χ1) is 13.7. The smallest absolute Gasteiger partial charge is 0.414 e. The Labute approximate surface area is 167 Å². The minimum absolute atomic E-state index is 0.167. The van der Waals surface area contributed by atoms with Crippen LogP contribution in [0.25, 0.3) is 0 Å². The maximum Gasteiger partial charge on any atom is 0.414 e. The Kier molecular flexibility index (Phi) is 5.53. The van der Waals surface area contributed by atoms with Gasteiger partial charge in [-0.1, -0.05) is 12.1 Å². The van der Waals surface area contributed by atoms with Crippen LogP contribution in [0.4, 0.5) is 16.2 Å². The highest BCUT2D eigenvalue weighted by Gasteiger charge is 2.28. The molecule has 3 rings (SSSR count). The van der Waals surface area contributed by atoms with Gasteiger partial charge in [0.15, 0.2) is 0 Å². The highest BCUT2D eigenvalue weighted by Crippen LogP contribution is 2.31. The summed E-state index contributed by atoms with van der Waals surface area (Å²) in [5, 5.41) is 19.6. The third kappa shape index (κ3) is 4.53. The quantitative estimate of drug-likeness (QED) is 0.598. The topological polar surface area (TPSA) is 130 Å². The molecule has 154 valence electrons. The molecule has 0 spiro atoms. The van der Waals surface area contributed by atoms with Crippen LogP contribution in [0.1, 0.15) is 48.8 Å². The number of rotatable bonds is 4. The van der Waals surface area contributed by atoms with E-state index in [1.54, 1.807) is 4.90 Å². The van der Waals surface area contributed by atoms with Crippen LogP contribution in [0, 0.1) is 10.1 Å². The van der Waals surface area contributed by atoms with Gasteiger partial charge < -0.3 is 10.1 Å². The SMILES string of the molecule is CC(C)(C)OC(=O)N1CCCc2c(CNC(=O)c3[nH]ncc3[N+](=O)[O-])cccc21. The van der Waals surface area contributed by atoms with E-state index in [0.29, 0.717) is 6.54 Å². The number of aromatic nitrogens is 2. The second kappa shape index (κ2) is 7.90. The molecular formula is C19H23N5O5. The van der Waals surface area contributed by atoms with Crippen molar-refractivity contribution in [2.45, 2.75) is 45.8 Å². The molecule has 0 atom stereocenters. The highest BCUT2D eigenvalue weighted by molar-refractivity contribution is 5.96. The van der Waals surface area contributed by atoms with Crippen molar-refractivity contribution in [3.05, 3.63) is 51.3 Å². The largest absolute Gasteiger partial charge is 0.443 e. The standard InChI is InChI=1S/C19H23N5O5/c1-19(2,3)29-18(26)23-9-5-7-13-12(6-4-8-14(13)23)10-20-17(25)16-15(24(27)28)11-21-22-16/h4,6,8,11H,5,7,9-10H2,1-3H3,(H,20,25)(H,21,22). The molecule has 29 heavy (non-hydrogen) atoms. The molecule has 2 N–H and O–H groups in total. The number of aromatic amines is 1. The summed E-state index contributed by atoms with van der Waals surface area (Å²) in [7, 11) is 0. The van der Waals surface area contributed by atoms with Crippen LogP contribution in [-0.2, 0) is 17.7 Å². The van der Waals surface area contributed by atoms with Gasteiger partial charge in [0.1, 0.15) is 11.8 Å². The van der Waals surface area contributed by atoms with Gasteiger partial charge in [-0.15, -0.1) is 0 Å². The fourth-order valence-corrected chi connectivity index (χ4v) is 3.22. The molecule has 0 saturated carbocycles. The summed E-state index contributed by atoms with van der Waals surface area (Å²) in [5.74, 6) is -0.619. The van der Waals surface area contributed by atoms with Crippen LogP contribution in [-0.4, -0.2) is 39.3 Å². The van der Waals surface area contributed by atoms with Crippen molar-refractivity contribution in [3.63, 3.8) is 0 Å². The Morgan fingerprint density at radius 1 is 1.38 bits per heavy atom. The molecule has 2 heterocycles. The number of carbonyl (C=O) groups excluding carboxylic acids is 2. The molecule has 0 unspecified atom stereocenters. The van der Waals surface area contributed by atoms with Crippen LogP contribution in [0.5, 0.6) is 0 Å². The van der Waals surface area contributed by atoms with Gasteiger partial charge in [0.25, 0.3) is 5.91 Å². The van der Waals surface area contributed by atoms with E-state index in [0.717, 1.165) is 35.9 Å². The van der Waals surface area contributed by atoms with Gasteiger partial charge in [0.05, 0.1) is 10.6 Å². The summed E-state index contributed by atoms with van der Waals surface area (Å²) in [6, 6.07) is 5.52. The zero-order valence-electron chi connectivity index (χ0n) is 16.5.